The Morgan fingerprint density at radius 1 is 1.16 bits per heavy atom. The minimum absolute atomic E-state index is 0.182. The molecule has 11 heteroatoms. The van der Waals surface area contributed by atoms with E-state index in [1.165, 1.54) is 0 Å². The third kappa shape index (κ3) is 3.98. The van der Waals surface area contributed by atoms with E-state index >= 15 is 0 Å². The zero-order valence-electron chi connectivity index (χ0n) is 8.96. The normalized spacial score (nSPS) is 24.6. The Bertz CT molecular complexity index is 378. The van der Waals surface area contributed by atoms with Crippen molar-refractivity contribution >= 4 is 11.9 Å². The van der Waals surface area contributed by atoms with Crippen LogP contribution in [0.5, 0.6) is 0 Å². The predicted molar refractivity (Wildman–Crippen MR) is 44.7 cm³/mol. The van der Waals surface area contributed by atoms with Crippen LogP contribution < -0.4 is 0 Å². The molecular formula is C8H7F6NO4. The van der Waals surface area contributed by atoms with Crippen LogP contribution in [0.1, 0.15) is 6.42 Å². The Hall–Kier alpha value is -1.52. The summed E-state index contributed by atoms with van der Waals surface area (Å²) in [6.07, 6.45) is -13.2. The van der Waals surface area contributed by atoms with Gasteiger partial charge < -0.3 is 10.0 Å². The van der Waals surface area contributed by atoms with Crippen molar-refractivity contribution in [3.8, 4) is 0 Å². The number of hydrogen-bond donors (Lipinski definition) is 1. The van der Waals surface area contributed by atoms with E-state index in [0.29, 0.717) is 0 Å². The molecule has 0 aromatic rings. The number of amides is 1. The van der Waals surface area contributed by atoms with E-state index in [4.69, 9.17) is 5.11 Å². The smallest absolute Gasteiger partial charge is 0.480 e. The molecule has 19 heavy (non-hydrogen) atoms. The maximum absolute atomic E-state index is 12.2. The van der Waals surface area contributed by atoms with Crippen LogP contribution in [0.25, 0.3) is 0 Å². The summed E-state index contributed by atoms with van der Waals surface area (Å²) in [6, 6.07) is -2.00. The maximum atomic E-state index is 12.2. The Morgan fingerprint density at radius 2 is 1.68 bits per heavy atom. The molecule has 0 aromatic heterocycles. The minimum atomic E-state index is -5.36. The molecule has 1 heterocycles. The number of halogens is 6. The zero-order valence-corrected chi connectivity index (χ0v) is 8.96. The minimum Gasteiger partial charge on any atom is -0.480 e. The molecule has 0 radical (unpaired) electrons. The number of nitrogens with zero attached hydrogens (tertiary/aromatic N) is 1. The topological polar surface area (TPSA) is 66.8 Å². The summed E-state index contributed by atoms with van der Waals surface area (Å²) >= 11 is 0. The Kier molecular flexibility index (Phi) is 3.98. The van der Waals surface area contributed by atoms with Gasteiger partial charge in [0, 0.05) is 13.0 Å². The van der Waals surface area contributed by atoms with Crippen LogP contribution in [0, 0.1) is 0 Å². The molecule has 1 aliphatic heterocycles. The third-order valence-corrected chi connectivity index (χ3v) is 2.35. The average molecular weight is 295 g/mol. The quantitative estimate of drug-likeness (QED) is 0.776. The highest BCUT2D eigenvalue weighted by molar-refractivity contribution is 5.87. The molecular weight excluding hydrogens is 288 g/mol. The van der Waals surface area contributed by atoms with Crippen molar-refractivity contribution < 1.29 is 45.8 Å². The van der Waals surface area contributed by atoms with Crippen molar-refractivity contribution in [2.45, 2.75) is 31.1 Å². The molecule has 1 rings (SSSR count). The third-order valence-electron chi connectivity index (χ3n) is 2.35. The molecule has 0 aromatic carbocycles. The van der Waals surface area contributed by atoms with Crippen LogP contribution >= 0.6 is 0 Å². The zero-order chi connectivity index (χ0) is 15.0. The van der Waals surface area contributed by atoms with Crippen molar-refractivity contribution in [3.63, 3.8) is 0 Å². The van der Waals surface area contributed by atoms with Gasteiger partial charge in [-0.05, 0) is 0 Å². The fraction of sp³-hybridized carbons (Fsp3) is 0.750. The Balaban J connectivity index is 2.86. The predicted octanol–water partition coefficient (Wildman–Crippen LogP) is 1.14. The molecule has 110 valence electrons. The number of carbonyl (C=O) groups excluding carboxylic acids is 1. The van der Waals surface area contributed by atoms with E-state index in [-0.39, 0.29) is 4.90 Å². The van der Waals surface area contributed by atoms with Gasteiger partial charge in [-0.1, -0.05) is 0 Å². The molecule has 1 amide bonds. The molecule has 2 atom stereocenters. The standard InChI is InChI=1S/C8H7F6NO4/c9-7(10,11)6(18)15-2-3(19-8(12,13)14)1-4(15)5(16)17/h3-4H,1-2H2,(H,16,17)/t3-,4-/m1/s1. The summed E-state index contributed by atoms with van der Waals surface area (Å²) in [5.74, 6) is -4.33. The van der Waals surface area contributed by atoms with Gasteiger partial charge in [0.15, 0.2) is 0 Å². The summed E-state index contributed by atoms with van der Waals surface area (Å²) in [7, 11) is 0. The van der Waals surface area contributed by atoms with Gasteiger partial charge in [-0.25, -0.2) is 4.79 Å². The van der Waals surface area contributed by atoms with Crippen molar-refractivity contribution in [1.82, 2.24) is 4.90 Å². The monoisotopic (exact) mass is 295 g/mol. The number of carbonyl (C=O) groups is 2. The van der Waals surface area contributed by atoms with Gasteiger partial charge in [-0.15, -0.1) is 13.2 Å². The second-order valence-electron chi connectivity index (χ2n) is 3.73. The van der Waals surface area contributed by atoms with Crippen molar-refractivity contribution in [2.24, 2.45) is 0 Å². The lowest BCUT2D eigenvalue weighted by Crippen LogP contribution is -2.47. The fourth-order valence-electron chi connectivity index (χ4n) is 1.69. The van der Waals surface area contributed by atoms with Gasteiger partial charge in [0.2, 0.25) is 0 Å². The van der Waals surface area contributed by atoms with Crippen LogP contribution in [-0.4, -0.2) is 53.1 Å². The van der Waals surface area contributed by atoms with E-state index in [2.05, 4.69) is 4.74 Å². The highest BCUT2D eigenvalue weighted by Gasteiger charge is 2.51. The van der Waals surface area contributed by atoms with Crippen LogP contribution in [0.4, 0.5) is 26.3 Å². The number of aliphatic carboxylic acids is 1. The van der Waals surface area contributed by atoms with E-state index in [1.807, 2.05) is 0 Å². The van der Waals surface area contributed by atoms with Crippen molar-refractivity contribution in [1.29, 1.82) is 0 Å². The summed E-state index contributed by atoms with van der Waals surface area (Å²) in [6.45, 7) is -1.09. The van der Waals surface area contributed by atoms with Gasteiger partial charge in [0.05, 0.1) is 6.10 Å². The lowest BCUT2D eigenvalue weighted by Gasteiger charge is -2.22. The second kappa shape index (κ2) is 4.87. The van der Waals surface area contributed by atoms with Gasteiger partial charge in [-0.2, -0.15) is 13.2 Å². The first-order valence-corrected chi connectivity index (χ1v) is 4.77. The highest BCUT2D eigenvalue weighted by atomic mass is 19.4. The van der Waals surface area contributed by atoms with Gasteiger partial charge in [0.25, 0.3) is 0 Å². The number of likely N-dealkylation sites (tertiary alicyclic amines) is 1. The summed E-state index contributed by atoms with van der Waals surface area (Å²) in [4.78, 5) is 21.4. The Labute approximate surface area is 101 Å². The number of ether oxygens (including phenoxy) is 1. The average Bonchev–Trinajstić information content (AvgIpc) is 2.56. The summed E-state index contributed by atoms with van der Waals surface area (Å²) < 4.78 is 75.6. The molecule has 0 aliphatic carbocycles. The van der Waals surface area contributed by atoms with E-state index in [0.717, 1.165) is 0 Å². The number of alkyl halides is 6. The molecule has 0 saturated carbocycles. The SMILES string of the molecule is O=C(O)[C@H]1C[C@@H](OC(F)(F)F)CN1C(=O)C(F)(F)F. The van der Waals surface area contributed by atoms with Crippen LogP contribution in [-0.2, 0) is 14.3 Å². The number of carboxylic acid groups (broad SMARTS) is 1. The highest BCUT2D eigenvalue weighted by Crippen LogP contribution is 2.30. The summed E-state index contributed by atoms with van der Waals surface area (Å²) in [5.41, 5.74) is 0. The molecule has 0 spiro atoms. The first-order valence-electron chi connectivity index (χ1n) is 4.77. The first kappa shape index (κ1) is 15.5. The van der Waals surface area contributed by atoms with E-state index < -0.39 is 49.5 Å². The van der Waals surface area contributed by atoms with E-state index in [9.17, 15) is 35.9 Å². The molecule has 0 unspecified atom stereocenters. The molecule has 1 N–H and O–H groups in total. The molecule has 1 saturated heterocycles. The van der Waals surface area contributed by atoms with Crippen molar-refractivity contribution in [3.05, 3.63) is 0 Å². The Morgan fingerprint density at radius 3 is 2.05 bits per heavy atom. The van der Waals surface area contributed by atoms with Crippen molar-refractivity contribution in [2.75, 3.05) is 6.54 Å². The van der Waals surface area contributed by atoms with Crippen LogP contribution in [0.15, 0.2) is 0 Å². The second-order valence-corrected chi connectivity index (χ2v) is 3.73. The molecule has 1 fully saturated rings. The number of rotatable bonds is 2. The van der Waals surface area contributed by atoms with Gasteiger partial charge >= 0.3 is 24.4 Å². The fourth-order valence-corrected chi connectivity index (χ4v) is 1.69. The largest absolute Gasteiger partial charge is 0.522 e. The van der Waals surface area contributed by atoms with Gasteiger partial charge in [0.1, 0.15) is 6.04 Å². The molecule has 0 bridgehead atoms. The van der Waals surface area contributed by atoms with Crippen LogP contribution in [0.2, 0.25) is 0 Å². The maximum Gasteiger partial charge on any atom is 0.522 e. The molecule has 1 aliphatic rings. The number of carboxylic acids is 1. The molecule has 5 nitrogen and oxygen atoms in total. The lowest BCUT2D eigenvalue weighted by atomic mass is 10.2. The lowest BCUT2D eigenvalue weighted by molar-refractivity contribution is -0.340. The van der Waals surface area contributed by atoms with Gasteiger partial charge in [-0.3, -0.25) is 9.53 Å². The number of hydrogen-bond acceptors (Lipinski definition) is 3. The van der Waals surface area contributed by atoms with E-state index in [1.54, 1.807) is 0 Å². The summed E-state index contributed by atoms with van der Waals surface area (Å²) in [5, 5.41) is 8.62. The van der Waals surface area contributed by atoms with Crippen LogP contribution in [0.3, 0.4) is 0 Å². The first-order chi connectivity index (χ1) is 8.42.